The summed E-state index contributed by atoms with van der Waals surface area (Å²) >= 11 is 0. The highest BCUT2D eigenvalue weighted by molar-refractivity contribution is 7.89. The van der Waals surface area contributed by atoms with Crippen molar-refractivity contribution in [2.45, 2.75) is 23.0 Å². The van der Waals surface area contributed by atoms with Crippen LogP contribution in [0.1, 0.15) is 6.42 Å². The molecule has 2 atom stereocenters. The SMILES string of the molecule is O=S(=O)(c1ccccc1)N1C[C@@H](O)[C@](O)(CNCCCN2CCOCC2)C1. The molecule has 3 N–H and O–H groups in total. The third kappa shape index (κ3) is 5.05. The Balaban J connectivity index is 1.48. The number of hydrogen-bond donors (Lipinski definition) is 3. The zero-order chi connectivity index (χ0) is 19.3. The molecule has 8 nitrogen and oxygen atoms in total. The number of β-amino-alcohol motifs (C(OH)–C–C–N with tert-alkyl or cyclic N) is 2. The summed E-state index contributed by atoms with van der Waals surface area (Å²) in [7, 11) is -3.73. The van der Waals surface area contributed by atoms with Gasteiger partial charge in [0, 0.05) is 32.7 Å². The fourth-order valence-electron chi connectivity index (χ4n) is 3.49. The second-order valence-electron chi connectivity index (χ2n) is 7.21. The van der Waals surface area contributed by atoms with Gasteiger partial charge in [0.2, 0.25) is 10.0 Å². The molecule has 0 amide bonds. The molecule has 1 aromatic carbocycles. The van der Waals surface area contributed by atoms with Gasteiger partial charge >= 0.3 is 0 Å². The Kier molecular flexibility index (Phi) is 6.85. The Morgan fingerprint density at radius 3 is 2.63 bits per heavy atom. The molecule has 0 spiro atoms. The summed E-state index contributed by atoms with van der Waals surface area (Å²) in [5.74, 6) is 0. The van der Waals surface area contributed by atoms with E-state index in [1.807, 2.05) is 0 Å². The first-order chi connectivity index (χ1) is 12.9. The van der Waals surface area contributed by atoms with E-state index < -0.39 is 21.7 Å². The predicted octanol–water partition coefficient (Wildman–Crippen LogP) is -0.905. The van der Waals surface area contributed by atoms with Gasteiger partial charge in [0.1, 0.15) is 5.60 Å². The molecular formula is C18H29N3O5S. The van der Waals surface area contributed by atoms with E-state index in [-0.39, 0.29) is 24.5 Å². The number of nitrogens with one attached hydrogen (secondary N) is 1. The Bertz CT molecular complexity index is 696. The number of ether oxygens (including phenoxy) is 1. The van der Waals surface area contributed by atoms with Crippen LogP contribution in [0.15, 0.2) is 35.2 Å². The van der Waals surface area contributed by atoms with Crippen LogP contribution in [0.25, 0.3) is 0 Å². The van der Waals surface area contributed by atoms with E-state index >= 15 is 0 Å². The van der Waals surface area contributed by atoms with Crippen molar-refractivity contribution in [3.05, 3.63) is 30.3 Å². The highest BCUT2D eigenvalue weighted by Gasteiger charge is 2.48. The Labute approximate surface area is 160 Å². The Hall–Kier alpha value is -1.07. The maximum absolute atomic E-state index is 12.7. The maximum Gasteiger partial charge on any atom is 0.243 e. The van der Waals surface area contributed by atoms with Crippen molar-refractivity contribution in [1.82, 2.24) is 14.5 Å². The van der Waals surface area contributed by atoms with Gasteiger partial charge in [0.05, 0.1) is 24.2 Å². The normalized spacial score (nSPS) is 27.9. The highest BCUT2D eigenvalue weighted by atomic mass is 32.2. The van der Waals surface area contributed by atoms with E-state index in [0.717, 1.165) is 43.6 Å². The first kappa shape index (κ1) is 20.7. The largest absolute Gasteiger partial charge is 0.389 e. The minimum absolute atomic E-state index is 0.108. The quantitative estimate of drug-likeness (QED) is 0.487. The van der Waals surface area contributed by atoms with Crippen molar-refractivity contribution in [3.8, 4) is 0 Å². The number of benzene rings is 1. The van der Waals surface area contributed by atoms with Gasteiger partial charge in [-0.1, -0.05) is 18.2 Å². The van der Waals surface area contributed by atoms with Crippen LogP contribution in [-0.4, -0.2) is 98.6 Å². The summed E-state index contributed by atoms with van der Waals surface area (Å²) in [5, 5.41) is 24.2. The van der Waals surface area contributed by atoms with Crippen LogP contribution in [0.5, 0.6) is 0 Å². The topological polar surface area (TPSA) is 102 Å². The number of aliphatic hydroxyl groups is 2. The van der Waals surface area contributed by atoms with Crippen LogP contribution in [0.3, 0.4) is 0 Å². The fraction of sp³-hybridized carbons (Fsp3) is 0.667. The highest BCUT2D eigenvalue weighted by Crippen LogP contribution is 2.27. The molecular weight excluding hydrogens is 370 g/mol. The zero-order valence-electron chi connectivity index (χ0n) is 15.5. The molecule has 0 unspecified atom stereocenters. The van der Waals surface area contributed by atoms with Crippen LogP contribution in [0, 0.1) is 0 Å². The molecule has 2 heterocycles. The van der Waals surface area contributed by atoms with Crippen molar-refractivity contribution in [3.63, 3.8) is 0 Å². The van der Waals surface area contributed by atoms with Crippen LogP contribution < -0.4 is 5.32 Å². The van der Waals surface area contributed by atoms with Gasteiger partial charge in [-0.05, 0) is 31.6 Å². The minimum atomic E-state index is -3.73. The van der Waals surface area contributed by atoms with E-state index in [9.17, 15) is 18.6 Å². The molecule has 0 aromatic heterocycles. The summed E-state index contributed by atoms with van der Waals surface area (Å²) in [5.41, 5.74) is -1.49. The van der Waals surface area contributed by atoms with E-state index in [0.29, 0.717) is 6.54 Å². The number of rotatable bonds is 8. The van der Waals surface area contributed by atoms with Gasteiger partial charge in [0.25, 0.3) is 0 Å². The van der Waals surface area contributed by atoms with Gasteiger partial charge in [-0.2, -0.15) is 4.31 Å². The van der Waals surface area contributed by atoms with E-state index in [2.05, 4.69) is 10.2 Å². The van der Waals surface area contributed by atoms with Crippen LogP contribution in [0.2, 0.25) is 0 Å². The molecule has 2 saturated heterocycles. The number of hydrogen-bond acceptors (Lipinski definition) is 7. The Morgan fingerprint density at radius 1 is 1.22 bits per heavy atom. The predicted molar refractivity (Wildman–Crippen MR) is 101 cm³/mol. The second kappa shape index (κ2) is 8.95. The van der Waals surface area contributed by atoms with Crippen molar-refractivity contribution >= 4 is 10.0 Å². The molecule has 152 valence electrons. The number of nitrogens with zero attached hydrogens (tertiary/aromatic N) is 2. The number of sulfonamides is 1. The molecule has 9 heteroatoms. The standard InChI is InChI=1S/C18H29N3O5S/c22-17-13-21(27(24,25)16-5-2-1-3-6-16)15-18(17,23)14-19-7-4-8-20-9-11-26-12-10-20/h1-3,5-6,17,19,22-23H,4,7-15H2/t17-,18+/m1/s1. The Morgan fingerprint density at radius 2 is 1.93 bits per heavy atom. The molecule has 3 rings (SSSR count). The van der Waals surface area contributed by atoms with Crippen LogP contribution in [-0.2, 0) is 14.8 Å². The van der Waals surface area contributed by atoms with Crippen LogP contribution in [0.4, 0.5) is 0 Å². The molecule has 0 bridgehead atoms. The summed E-state index contributed by atoms with van der Waals surface area (Å²) in [6.07, 6.45) is -0.208. The van der Waals surface area contributed by atoms with Gasteiger partial charge in [-0.3, -0.25) is 4.90 Å². The van der Waals surface area contributed by atoms with Crippen molar-refractivity contribution in [2.75, 3.05) is 59.0 Å². The van der Waals surface area contributed by atoms with E-state index in [4.69, 9.17) is 4.74 Å². The van der Waals surface area contributed by atoms with Gasteiger partial charge < -0.3 is 20.3 Å². The molecule has 27 heavy (non-hydrogen) atoms. The summed E-state index contributed by atoms with van der Waals surface area (Å²) in [6.45, 7) is 4.98. The molecule has 0 radical (unpaired) electrons. The number of morpholine rings is 1. The zero-order valence-corrected chi connectivity index (χ0v) is 16.3. The maximum atomic E-state index is 12.7. The lowest BCUT2D eigenvalue weighted by Crippen LogP contribution is -2.50. The van der Waals surface area contributed by atoms with Crippen molar-refractivity contribution < 1.29 is 23.4 Å². The lowest BCUT2D eigenvalue weighted by molar-refractivity contribution is -0.0383. The minimum Gasteiger partial charge on any atom is -0.389 e. The average molecular weight is 400 g/mol. The first-order valence-electron chi connectivity index (χ1n) is 9.38. The lowest BCUT2D eigenvalue weighted by atomic mass is 10.0. The third-order valence-electron chi connectivity index (χ3n) is 5.19. The lowest BCUT2D eigenvalue weighted by Gasteiger charge is -2.28. The van der Waals surface area contributed by atoms with Crippen molar-refractivity contribution in [1.29, 1.82) is 0 Å². The molecule has 2 fully saturated rings. The third-order valence-corrected chi connectivity index (χ3v) is 7.02. The molecule has 2 aliphatic heterocycles. The van der Waals surface area contributed by atoms with Gasteiger partial charge in [-0.25, -0.2) is 8.42 Å². The number of aliphatic hydroxyl groups excluding tert-OH is 1. The molecule has 0 aliphatic carbocycles. The van der Waals surface area contributed by atoms with Crippen LogP contribution >= 0.6 is 0 Å². The molecule has 0 saturated carbocycles. The van der Waals surface area contributed by atoms with Gasteiger partial charge in [0.15, 0.2) is 0 Å². The smallest absolute Gasteiger partial charge is 0.243 e. The van der Waals surface area contributed by atoms with E-state index in [1.54, 1.807) is 18.2 Å². The summed E-state index contributed by atoms with van der Waals surface area (Å²) in [4.78, 5) is 2.50. The summed E-state index contributed by atoms with van der Waals surface area (Å²) < 4.78 is 31.8. The first-order valence-corrected chi connectivity index (χ1v) is 10.8. The van der Waals surface area contributed by atoms with Gasteiger partial charge in [-0.15, -0.1) is 0 Å². The monoisotopic (exact) mass is 399 g/mol. The molecule has 1 aromatic rings. The fourth-order valence-corrected chi connectivity index (χ4v) is 5.02. The average Bonchev–Trinajstić information content (AvgIpc) is 2.99. The van der Waals surface area contributed by atoms with E-state index in [1.165, 1.54) is 12.1 Å². The molecule has 2 aliphatic rings. The second-order valence-corrected chi connectivity index (χ2v) is 9.15. The van der Waals surface area contributed by atoms with Crippen molar-refractivity contribution in [2.24, 2.45) is 0 Å². The summed E-state index contributed by atoms with van der Waals surface area (Å²) in [6, 6.07) is 8.09.